The number of benzene rings is 2. The Kier molecular flexibility index (Phi) is 4.96. The highest BCUT2D eigenvalue weighted by Crippen LogP contribution is 2.20. The van der Waals surface area contributed by atoms with Crippen molar-refractivity contribution in [2.24, 2.45) is 0 Å². The highest BCUT2D eigenvalue weighted by Gasteiger charge is 2.14. The van der Waals surface area contributed by atoms with Gasteiger partial charge in [0.15, 0.2) is 0 Å². The Morgan fingerprint density at radius 3 is 2.60 bits per heavy atom. The summed E-state index contributed by atoms with van der Waals surface area (Å²) in [4.78, 5) is 13.6. The van der Waals surface area contributed by atoms with Crippen molar-refractivity contribution in [3.8, 4) is 11.5 Å². The van der Waals surface area contributed by atoms with Crippen molar-refractivity contribution in [2.45, 2.75) is 13.2 Å². The summed E-state index contributed by atoms with van der Waals surface area (Å²) in [5.74, 6) is -1.39. The first-order chi connectivity index (χ1) is 11.9. The van der Waals surface area contributed by atoms with Crippen LogP contribution in [0.3, 0.4) is 0 Å². The van der Waals surface area contributed by atoms with E-state index in [0.29, 0.717) is 16.1 Å². The van der Waals surface area contributed by atoms with Crippen LogP contribution in [0.15, 0.2) is 51.7 Å². The second kappa shape index (κ2) is 7.16. The molecule has 0 aliphatic rings. The molecule has 0 radical (unpaired) electrons. The Labute approximate surface area is 147 Å². The van der Waals surface area contributed by atoms with Gasteiger partial charge in [-0.1, -0.05) is 17.7 Å². The molecule has 2 aromatic carbocycles. The molecule has 3 aromatic rings. The number of hydrogen-bond donors (Lipinski definition) is 0. The molecule has 0 unspecified atom stereocenters. The van der Waals surface area contributed by atoms with Crippen molar-refractivity contribution < 1.29 is 13.2 Å². The number of hydrogen-bond acceptors (Lipinski definition) is 4. The summed E-state index contributed by atoms with van der Waals surface area (Å²) >= 11 is 6.00. The van der Waals surface area contributed by atoms with Gasteiger partial charge in [0.25, 0.3) is 0 Å². The maximum Gasteiger partial charge on any atom is 0.438 e. The summed E-state index contributed by atoms with van der Waals surface area (Å²) in [6.45, 7) is 0.269. The van der Waals surface area contributed by atoms with Crippen molar-refractivity contribution in [1.82, 2.24) is 14.7 Å². The molecule has 130 valence electrons. The summed E-state index contributed by atoms with van der Waals surface area (Å²) in [5, 5.41) is 4.39. The maximum atomic E-state index is 13.8. The number of aromatic nitrogens is 2. The van der Waals surface area contributed by atoms with Crippen LogP contribution in [0.5, 0.6) is 0 Å². The van der Waals surface area contributed by atoms with Gasteiger partial charge in [0.05, 0.1) is 0 Å². The van der Waals surface area contributed by atoms with Crippen molar-refractivity contribution in [1.29, 1.82) is 0 Å². The van der Waals surface area contributed by atoms with E-state index in [0.717, 1.165) is 4.68 Å². The second-order valence-electron chi connectivity index (χ2n) is 5.54. The van der Waals surface area contributed by atoms with Gasteiger partial charge in [-0.05, 0) is 43.4 Å². The van der Waals surface area contributed by atoms with E-state index in [4.69, 9.17) is 16.0 Å². The molecule has 0 atom stereocenters. The average molecular weight is 366 g/mol. The van der Waals surface area contributed by atoms with E-state index in [9.17, 15) is 13.6 Å². The predicted octanol–water partition coefficient (Wildman–Crippen LogP) is 3.52. The lowest BCUT2D eigenvalue weighted by Gasteiger charge is -2.16. The molecule has 1 heterocycles. The lowest BCUT2D eigenvalue weighted by Crippen LogP contribution is -2.28. The van der Waals surface area contributed by atoms with Gasteiger partial charge >= 0.3 is 5.76 Å². The zero-order valence-corrected chi connectivity index (χ0v) is 14.0. The molecule has 0 spiro atoms. The Morgan fingerprint density at radius 1 is 1.20 bits per heavy atom. The standard InChI is InChI=1S/C17H14ClF2N3O2/c1-22(9-13-14(18)3-2-4-15(13)20)10-23-17(24)25-16(21-23)11-5-7-12(19)8-6-11/h2-8H,9-10H2,1H3. The second-order valence-corrected chi connectivity index (χ2v) is 5.94. The van der Waals surface area contributed by atoms with Crippen molar-refractivity contribution in [3.63, 3.8) is 0 Å². The fourth-order valence-electron chi connectivity index (χ4n) is 2.34. The molecule has 0 bridgehead atoms. The zero-order valence-electron chi connectivity index (χ0n) is 13.2. The SMILES string of the molecule is CN(Cc1c(F)cccc1Cl)Cn1nc(-c2ccc(F)cc2)oc1=O. The van der Waals surface area contributed by atoms with E-state index in [1.807, 2.05) is 0 Å². The lowest BCUT2D eigenvalue weighted by molar-refractivity contribution is 0.234. The van der Waals surface area contributed by atoms with Crippen molar-refractivity contribution in [3.05, 3.63) is 75.2 Å². The average Bonchev–Trinajstić information content (AvgIpc) is 2.92. The van der Waals surface area contributed by atoms with Crippen LogP contribution in [0.1, 0.15) is 5.56 Å². The Bertz CT molecular complexity index is 918. The number of nitrogens with zero attached hydrogens (tertiary/aromatic N) is 3. The predicted molar refractivity (Wildman–Crippen MR) is 89.0 cm³/mol. The number of rotatable bonds is 5. The lowest BCUT2D eigenvalue weighted by atomic mass is 10.2. The molecular formula is C17H14ClF2N3O2. The first-order valence-electron chi connectivity index (χ1n) is 7.39. The molecule has 25 heavy (non-hydrogen) atoms. The topological polar surface area (TPSA) is 51.3 Å². The van der Waals surface area contributed by atoms with Gasteiger partial charge in [-0.25, -0.2) is 13.6 Å². The van der Waals surface area contributed by atoms with E-state index in [1.165, 1.54) is 36.4 Å². The van der Waals surface area contributed by atoms with Crippen LogP contribution in [0, 0.1) is 11.6 Å². The molecule has 0 saturated carbocycles. The Morgan fingerprint density at radius 2 is 1.92 bits per heavy atom. The summed E-state index contributed by atoms with van der Waals surface area (Å²) in [6, 6.07) is 9.88. The van der Waals surface area contributed by atoms with Crippen LogP contribution >= 0.6 is 11.6 Å². The largest absolute Gasteiger partial charge is 0.438 e. The summed E-state index contributed by atoms with van der Waals surface area (Å²) in [6.07, 6.45) is 0. The van der Waals surface area contributed by atoms with Crippen molar-refractivity contribution in [2.75, 3.05) is 7.05 Å². The van der Waals surface area contributed by atoms with Gasteiger partial charge in [0.2, 0.25) is 5.89 Å². The van der Waals surface area contributed by atoms with Gasteiger partial charge in [-0.3, -0.25) is 4.90 Å². The molecule has 0 aliphatic heterocycles. The molecular weight excluding hydrogens is 352 g/mol. The van der Waals surface area contributed by atoms with Crippen molar-refractivity contribution >= 4 is 11.6 Å². The quantitative estimate of drug-likeness (QED) is 0.694. The smallest absolute Gasteiger partial charge is 0.388 e. The molecule has 8 heteroatoms. The minimum absolute atomic E-state index is 0.0776. The Hall–Kier alpha value is -2.51. The molecule has 0 amide bonds. The minimum Gasteiger partial charge on any atom is -0.388 e. The van der Waals surface area contributed by atoms with Crippen LogP contribution in [-0.4, -0.2) is 21.7 Å². The van der Waals surface area contributed by atoms with Gasteiger partial charge in [-0.15, -0.1) is 5.10 Å². The first kappa shape index (κ1) is 17.3. The number of halogens is 3. The molecule has 0 N–H and O–H groups in total. The molecule has 0 saturated heterocycles. The third-order valence-corrected chi connectivity index (χ3v) is 3.92. The van der Waals surface area contributed by atoms with Gasteiger partial charge in [0, 0.05) is 22.7 Å². The monoisotopic (exact) mass is 365 g/mol. The van der Waals surface area contributed by atoms with Crippen LogP contribution < -0.4 is 5.76 Å². The zero-order chi connectivity index (χ0) is 18.0. The molecule has 0 aliphatic carbocycles. The fraction of sp³-hybridized carbons (Fsp3) is 0.176. The van der Waals surface area contributed by atoms with Gasteiger partial charge in [-0.2, -0.15) is 4.68 Å². The molecule has 0 fully saturated rings. The Balaban J connectivity index is 1.77. The highest BCUT2D eigenvalue weighted by atomic mass is 35.5. The van der Waals surface area contributed by atoms with Crippen LogP contribution in [0.4, 0.5) is 8.78 Å². The van der Waals surface area contributed by atoms with E-state index < -0.39 is 17.4 Å². The van der Waals surface area contributed by atoms with Crippen LogP contribution in [0.25, 0.3) is 11.5 Å². The highest BCUT2D eigenvalue weighted by molar-refractivity contribution is 6.31. The van der Waals surface area contributed by atoms with E-state index in [-0.39, 0.29) is 19.1 Å². The summed E-state index contributed by atoms with van der Waals surface area (Å²) < 4.78 is 33.0. The maximum absolute atomic E-state index is 13.8. The van der Waals surface area contributed by atoms with E-state index >= 15 is 0 Å². The normalized spacial score (nSPS) is 11.2. The summed E-state index contributed by atoms with van der Waals surface area (Å²) in [7, 11) is 1.70. The van der Waals surface area contributed by atoms with Crippen LogP contribution in [0.2, 0.25) is 5.02 Å². The van der Waals surface area contributed by atoms with Crippen LogP contribution in [-0.2, 0) is 13.2 Å². The van der Waals surface area contributed by atoms with Gasteiger partial charge < -0.3 is 4.42 Å². The molecule has 5 nitrogen and oxygen atoms in total. The first-order valence-corrected chi connectivity index (χ1v) is 7.77. The third kappa shape index (κ3) is 3.94. The van der Waals surface area contributed by atoms with E-state index in [2.05, 4.69) is 5.10 Å². The minimum atomic E-state index is -0.661. The van der Waals surface area contributed by atoms with Gasteiger partial charge in [0.1, 0.15) is 18.3 Å². The molecule has 1 aromatic heterocycles. The third-order valence-electron chi connectivity index (χ3n) is 3.56. The summed E-state index contributed by atoms with van der Waals surface area (Å²) in [5.41, 5.74) is 0.819. The molecule has 3 rings (SSSR count). The van der Waals surface area contributed by atoms with E-state index in [1.54, 1.807) is 18.0 Å². The fourth-order valence-corrected chi connectivity index (χ4v) is 2.56.